The Labute approximate surface area is 341 Å². The minimum atomic E-state index is -0.192. The zero-order valence-corrected chi connectivity index (χ0v) is 32.7. The van der Waals surface area contributed by atoms with Crippen LogP contribution in [0, 0.1) is 0 Å². The molecule has 1 aliphatic rings. The Morgan fingerprint density at radius 2 is 1.22 bits per heavy atom. The van der Waals surface area contributed by atoms with E-state index in [-0.39, 0.29) is 5.92 Å². The van der Waals surface area contributed by atoms with Gasteiger partial charge in [0.05, 0.1) is 16.7 Å². The SMILES string of the molecule is Clc1nc2ccc3ccccc3c2nc1C1CCc2ccc(-c3ccc4c(c3)sc3ccccc34)cc2-c2c1c1oc3c4ccccc4ccc3c1c1ccccc21. The van der Waals surface area contributed by atoms with Crippen LogP contribution in [0.1, 0.15) is 29.2 Å². The second-order valence-corrected chi connectivity index (χ2v) is 17.1. The van der Waals surface area contributed by atoms with Crippen molar-refractivity contribution in [2.75, 3.05) is 0 Å². The maximum atomic E-state index is 7.32. The van der Waals surface area contributed by atoms with E-state index in [1.165, 1.54) is 58.8 Å². The van der Waals surface area contributed by atoms with Gasteiger partial charge in [0.1, 0.15) is 11.2 Å². The summed E-state index contributed by atoms with van der Waals surface area (Å²) in [5.74, 6) is -0.192. The van der Waals surface area contributed by atoms with Crippen LogP contribution in [0.3, 0.4) is 0 Å². The Hall–Kier alpha value is -6.59. The van der Waals surface area contributed by atoms with Crippen molar-refractivity contribution in [3.8, 4) is 22.3 Å². The standard InChI is InChI=1S/C53H31ClN2OS/c54-53-50(56-49-34-11-3-1-9-29(34)22-26-43(49)55-53)40-24-19-31-17-18-32(33-21-23-37-36-13-7-8-16-44(36)58-45(37)28-33)27-42(31)46-38-14-5-6-15-39(38)47-41-25-20-30-10-2-4-12-35(30)51(41)57-52(47)48(40)46/h1-18,20-23,25-28,40H,19,24H2. The largest absolute Gasteiger partial charge is 0.455 e. The molecule has 1 unspecified atom stereocenters. The summed E-state index contributed by atoms with van der Waals surface area (Å²) in [4.78, 5) is 10.5. The van der Waals surface area contributed by atoms with E-state index in [0.29, 0.717) is 5.15 Å². The predicted molar refractivity (Wildman–Crippen MR) is 245 cm³/mol. The predicted octanol–water partition coefficient (Wildman–Crippen LogP) is 15.4. The minimum Gasteiger partial charge on any atom is -0.455 e. The van der Waals surface area contributed by atoms with Gasteiger partial charge in [0.15, 0.2) is 5.15 Å². The fourth-order valence-electron chi connectivity index (χ4n) is 9.92. The van der Waals surface area contributed by atoms with Crippen LogP contribution >= 0.6 is 22.9 Å². The number of benzene rings is 9. The van der Waals surface area contributed by atoms with E-state index in [9.17, 15) is 0 Å². The van der Waals surface area contributed by atoms with Gasteiger partial charge in [-0.3, -0.25) is 0 Å². The molecule has 0 fully saturated rings. The highest BCUT2D eigenvalue weighted by Crippen LogP contribution is 2.53. The third-order valence-electron chi connectivity index (χ3n) is 12.6. The van der Waals surface area contributed by atoms with Crippen molar-refractivity contribution < 1.29 is 4.42 Å². The minimum absolute atomic E-state index is 0.192. The third kappa shape index (κ3) is 4.61. The number of nitrogens with zero attached hydrogens (tertiary/aromatic N) is 2. The molecule has 1 atom stereocenters. The van der Waals surface area contributed by atoms with Gasteiger partial charge in [0.2, 0.25) is 0 Å². The molecule has 0 saturated heterocycles. The molecule has 0 radical (unpaired) electrons. The molecule has 3 nitrogen and oxygen atoms in total. The lowest BCUT2D eigenvalue weighted by Crippen LogP contribution is -2.08. The highest BCUT2D eigenvalue weighted by atomic mass is 35.5. The van der Waals surface area contributed by atoms with Crippen LogP contribution in [0.5, 0.6) is 0 Å². The first kappa shape index (κ1) is 32.5. The maximum absolute atomic E-state index is 7.32. The number of thiophene rings is 1. The van der Waals surface area contributed by atoms with Gasteiger partial charge in [-0.15, -0.1) is 11.3 Å². The van der Waals surface area contributed by atoms with Crippen molar-refractivity contribution in [3.63, 3.8) is 0 Å². The fraction of sp³-hybridized carbons (Fsp3) is 0.0566. The average molecular weight is 779 g/mol. The number of furan rings is 1. The van der Waals surface area contributed by atoms with Crippen molar-refractivity contribution in [2.45, 2.75) is 18.8 Å². The van der Waals surface area contributed by atoms with Crippen molar-refractivity contribution in [1.29, 1.82) is 0 Å². The molecule has 0 saturated carbocycles. The first-order valence-corrected chi connectivity index (χ1v) is 21.0. The molecule has 5 heteroatoms. The van der Waals surface area contributed by atoms with E-state index in [1.807, 2.05) is 17.4 Å². The van der Waals surface area contributed by atoms with Crippen molar-refractivity contribution in [2.24, 2.45) is 0 Å². The molecule has 58 heavy (non-hydrogen) atoms. The van der Waals surface area contributed by atoms with E-state index < -0.39 is 0 Å². The normalized spacial score (nSPS) is 14.3. The van der Waals surface area contributed by atoms with Gasteiger partial charge in [0, 0.05) is 53.2 Å². The number of hydrogen-bond donors (Lipinski definition) is 0. The smallest absolute Gasteiger partial charge is 0.151 e. The summed E-state index contributed by atoms with van der Waals surface area (Å²) in [5, 5.41) is 12.1. The lowest BCUT2D eigenvalue weighted by atomic mass is 9.83. The molecule has 3 aromatic heterocycles. The van der Waals surface area contributed by atoms with Crippen molar-refractivity contribution in [1.82, 2.24) is 9.97 Å². The maximum Gasteiger partial charge on any atom is 0.151 e. The summed E-state index contributed by atoms with van der Waals surface area (Å²) in [7, 11) is 0. The molecular weight excluding hydrogens is 748 g/mol. The molecule has 13 rings (SSSR count). The zero-order valence-electron chi connectivity index (χ0n) is 31.1. The quantitative estimate of drug-likeness (QED) is 0.164. The van der Waals surface area contributed by atoms with Crippen molar-refractivity contribution in [3.05, 3.63) is 180 Å². The first-order chi connectivity index (χ1) is 28.7. The van der Waals surface area contributed by atoms with E-state index >= 15 is 0 Å². The topological polar surface area (TPSA) is 38.9 Å². The van der Waals surface area contributed by atoms with Crippen molar-refractivity contribution >= 4 is 108 Å². The summed E-state index contributed by atoms with van der Waals surface area (Å²) in [6.07, 6.45) is 1.64. The monoisotopic (exact) mass is 778 g/mol. The van der Waals surface area contributed by atoms with Crippen LogP contribution < -0.4 is 0 Å². The second-order valence-electron chi connectivity index (χ2n) is 15.6. The van der Waals surface area contributed by atoms with Crippen LogP contribution in [0.2, 0.25) is 5.15 Å². The Balaban J connectivity index is 1.14. The molecule has 272 valence electrons. The number of aromatic nitrogens is 2. The zero-order chi connectivity index (χ0) is 38.1. The Morgan fingerprint density at radius 3 is 2.10 bits per heavy atom. The van der Waals surface area contributed by atoms with E-state index in [1.54, 1.807) is 0 Å². The number of aryl methyl sites for hydroxylation is 1. The molecule has 0 aliphatic heterocycles. The van der Waals surface area contributed by atoms with Gasteiger partial charge in [0.25, 0.3) is 0 Å². The summed E-state index contributed by atoms with van der Waals surface area (Å²) < 4.78 is 9.91. The van der Waals surface area contributed by atoms with Crippen LogP contribution in [0.15, 0.2) is 162 Å². The molecule has 3 heterocycles. The lowest BCUT2D eigenvalue weighted by molar-refractivity contribution is 0.647. The van der Waals surface area contributed by atoms with Crippen LogP contribution in [0.25, 0.3) is 108 Å². The number of hydrogen-bond acceptors (Lipinski definition) is 4. The summed E-state index contributed by atoms with van der Waals surface area (Å²) >= 11 is 9.18. The number of rotatable bonds is 2. The Kier molecular flexibility index (Phi) is 6.84. The van der Waals surface area contributed by atoms with E-state index in [2.05, 4.69) is 152 Å². The van der Waals surface area contributed by atoms with Gasteiger partial charge in [-0.05, 0) is 92.5 Å². The van der Waals surface area contributed by atoms with Crippen LogP contribution in [-0.4, -0.2) is 9.97 Å². The van der Waals surface area contributed by atoms with Gasteiger partial charge in [-0.1, -0.05) is 139 Å². The van der Waals surface area contributed by atoms with E-state index in [4.69, 9.17) is 26.0 Å². The fourth-order valence-corrected chi connectivity index (χ4v) is 11.3. The molecule has 1 aliphatic carbocycles. The Bertz CT molecular complexity index is 3730. The molecule has 9 aromatic carbocycles. The van der Waals surface area contributed by atoms with Gasteiger partial charge >= 0.3 is 0 Å². The van der Waals surface area contributed by atoms with Gasteiger partial charge in [-0.2, -0.15) is 0 Å². The summed E-state index contributed by atoms with van der Waals surface area (Å²) in [5.41, 5.74) is 11.5. The molecule has 0 spiro atoms. The van der Waals surface area contributed by atoms with Crippen LogP contribution in [0.4, 0.5) is 0 Å². The third-order valence-corrected chi connectivity index (χ3v) is 14.0. The second kappa shape index (κ2) is 12.2. The first-order valence-electron chi connectivity index (χ1n) is 19.8. The number of halogens is 1. The molecule has 0 amide bonds. The Morgan fingerprint density at radius 1 is 0.552 bits per heavy atom. The molecular formula is C53H31ClN2OS. The van der Waals surface area contributed by atoms with Crippen LogP contribution in [-0.2, 0) is 6.42 Å². The van der Waals surface area contributed by atoms with Gasteiger partial charge < -0.3 is 4.42 Å². The molecule has 0 N–H and O–H groups in total. The van der Waals surface area contributed by atoms with E-state index in [0.717, 1.165) is 78.6 Å². The summed E-state index contributed by atoms with van der Waals surface area (Å²) in [6, 6.07) is 57.1. The molecule has 12 aromatic rings. The average Bonchev–Trinajstić information content (AvgIpc) is 3.80. The summed E-state index contributed by atoms with van der Waals surface area (Å²) in [6.45, 7) is 0. The highest BCUT2D eigenvalue weighted by Gasteiger charge is 2.34. The number of fused-ring (bicyclic) bond motifs is 18. The molecule has 0 bridgehead atoms. The highest BCUT2D eigenvalue weighted by molar-refractivity contribution is 7.25. The van der Waals surface area contributed by atoms with Gasteiger partial charge in [-0.25, -0.2) is 9.97 Å². The lowest BCUT2D eigenvalue weighted by Gasteiger charge is -2.21.